The van der Waals surface area contributed by atoms with Crippen molar-refractivity contribution in [3.63, 3.8) is 0 Å². The Balaban J connectivity index is 0.976. The number of aromatic nitrogens is 5. The highest BCUT2D eigenvalue weighted by Crippen LogP contribution is 2.40. The lowest BCUT2D eigenvalue weighted by molar-refractivity contribution is 1.09. The summed E-state index contributed by atoms with van der Waals surface area (Å²) in [6, 6.07) is 65.8. The van der Waals surface area contributed by atoms with Crippen molar-refractivity contribution >= 4 is 65.2 Å². The molecule has 0 spiro atoms. The highest BCUT2D eigenvalue weighted by Gasteiger charge is 2.18. The van der Waals surface area contributed by atoms with Crippen LogP contribution < -0.4 is 0 Å². The molecule has 3 heterocycles. The fraction of sp³-hybridized carbons (Fsp3) is 0. The van der Waals surface area contributed by atoms with Gasteiger partial charge in [-0.2, -0.15) is 0 Å². The Bertz CT molecular complexity index is 3530. The quantitative estimate of drug-likeness (QED) is 0.165. The van der Waals surface area contributed by atoms with Crippen molar-refractivity contribution in [2.24, 2.45) is 0 Å². The summed E-state index contributed by atoms with van der Waals surface area (Å²) in [6.07, 6.45) is 5.24. The van der Waals surface area contributed by atoms with Gasteiger partial charge in [0.05, 0.1) is 22.1 Å². The maximum Gasteiger partial charge on any atom is 0.145 e. The number of hydrogen-bond acceptors (Lipinski definition) is 3. The average Bonchev–Trinajstić information content (AvgIpc) is 3.86. The van der Waals surface area contributed by atoms with E-state index in [4.69, 9.17) is 4.98 Å². The summed E-state index contributed by atoms with van der Waals surface area (Å²) in [5.74, 6) is 0.881. The fourth-order valence-corrected chi connectivity index (χ4v) is 9.04. The van der Waals surface area contributed by atoms with Gasteiger partial charge in [-0.3, -0.25) is 4.57 Å². The third-order valence-electron chi connectivity index (χ3n) is 11.7. The Morgan fingerprint density at radius 1 is 0.310 bits per heavy atom. The molecule has 0 aliphatic heterocycles. The molecular weight excluding hydrogens is 707 g/mol. The summed E-state index contributed by atoms with van der Waals surface area (Å²) in [6.45, 7) is 0. The van der Waals surface area contributed by atoms with Crippen molar-refractivity contribution in [2.45, 2.75) is 0 Å². The molecule has 9 aromatic carbocycles. The van der Waals surface area contributed by atoms with E-state index in [9.17, 15) is 0 Å². The zero-order valence-electron chi connectivity index (χ0n) is 31.3. The molecule has 0 radical (unpaired) electrons. The molecule has 5 nitrogen and oxygen atoms in total. The second-order valence-corrected chi connectivity index (χ2v) is 14.9. The van der Waals surface area contributed by atoms with Crippen LogP contribution in [0.3, 0.4) is 0 Å². The molecule has 270 valence electrons. The number of fused-ring (bicyclic) bond motifs is 10. The number of rotatable bonds is 5. The Hall–Kier alpha value is -7.89. The van der Waals surface area contributed by atoms with Crippen molar-refractivity contribution in [2.75, 3.05) is 0 Å². The maximum atomic E-state index is 5.15. The molecule has 5 heteroatoms. The molecule has 0 amide bonds. The number of imidazole rings is 1. The van der Waals surface area contributed by atoms with Gasteiger partial charge < -0.3 is 4.57 Å². The highest BCUT2D eigenvalue weighted by molar-refractivity contribution is 6.25. The zero-order valence-corrected chi connectivity index (χ0v) is 31.3. The van der Waals surface area contributed by atoms with Crippen molar-refractivity contribution in [3.8, 4) is 45.0 Å². The first kappa shape index (κ1) is 32.4. The normalized spacial score (nSPS) is 11.8. The number of para-hydroxylation sites is 3. The van der Waals surface area contributed by atoms with Crippen LogP contribution in [0.25, 0.3) is 110 Å². The van der Waals surface area contributed by atoms with Crippen LogP contribution in [-0.2, 0) is 0 Å². The highest BCUT2D eigenvalue weighted by atomic mass is 15.1. The van der Waals surface area contributed by atoms with Gasteiger partial charge in [0.2, 0.25) is 0 Å². The van der Waals surface area contributed by atoms with E-state index in [-0.39, 0.29) is 0 Å². The Morgan fingerprint density at radius 2 is 0.828 bits per heavy atom. The van der Waals surface area contributed by atoms with E-state index in [0.29, 0.717) is 0 Å². The van der Waals surface area contributed by atoms with Gasteiger partial charge in [0.25, 0.3) is 0 Å². The molecule has 0 saturated heterocycles. The van der Waals surface area contributed by atoms with Gasteiger partial charge >= 0.3 is 0 Å². The largest absolute Gasteiger partial charge is 0.309 e. The molecule has 0 aliphatic carbocycles. The van der Waals surface area contributed by atoms with Gasteiger partial charge in [0.15, 0.2) is 0 Å². The summed E-state index contributed by atoms with van der Waals surface area (Å²) in [5.41, 5.74) is 11.9. The fourth-order valence-electron chi connectivity index (χ4n) is 9.04. The Morgan fingerprint density at radius 3 is 1.55 bits per heavy atom. The average molecular weight is 740 g/mol. The summed E-state index contributed by atoms with van der Waals surface area (Å²) < 4.78 is 4.64. The summed E-state index contributed by atoms with van der Waals surface area (Å²) in [5, 5.41) is 10.2. The van der Waals surface area contributed by atoms with Crippen molar-refractivity contribution in [1.29, 1.82) is 0 Å². The van der Waals surface area contributed by atoms with E-state index < -0.39 is 0 Å². The molecule has 0 unspecified atom stereocenters. The van der Waals surface area contributed by atoms with E-state index in [1.165, 1.54) is 65.3 Å². The predicted molar refractivity (Wildman–Crippen MR) is 240 cm³/mol. The zero-order chi connectivity index (χ0) is 38.2. The lowest BCUT2D eigenvalue weighted by Crippen LogP contribution is -1.99. The summed E-state index contributed by atoms with van der Waals surface area (Å²) in [4.78, 5) is 13.6. The monoisotopic (exact) mass is 739 g/mol. The molecule has 12 aromatic rings. The third-order valence-corrected chi connectivity index (χ3v) is 11.7. The van der Waals surface area contributed by atoms with Crippen molar-refractivity contribution in [3.05, 3.63) is 201 Å². The second kappa shape index (κ2) is 12.8. The smallest absolute Gasteiger partial charge is 0.145 e. The van der Waals surface area contributed by atoms with Gasteiger partial charge in [-0.15, -0.1) is 0 Å². The van der Waals surface area contributed by atoms with E-state index in [1.54, 1.807) is 6.33 Å². The molecule has 12 rings (SSSR count). The van der Waals surface area contributed by atoms with Gasteiger partial charge in [0, 0.05) is 45.7 Å². The number of hydrogen-bond donors (Lipinski definition) is 0. The van der Waals surface area contributed by atoms with Gasteiger partial charge in [-0.05, 0) is 116 Å². The summed E-state index contributed by atoms with van der Waals surface area (Å²) >= 11 is 0. The molecule has 3 aromatic heterocycles. The Kier molecular flexibility index (Phi) is 7.16. The molecule has 0 aliphatic rings. The van der Waals surface area contributed by atoms with E-state index in [1.807, 2.05) is 18.5 Å². The number of benzene rings is 9. The predicted octanol–water partition coefficient (Wildman–Crippen LogP) is 13.4. The molecule has 0 bridgehead atoms. The molecule has 58 heavy (non-hydrogen) atoms. The summed E-state index contributed by atoms with van der Waals surface area (Å²) in [7, 11) is 0. The van der Waals surface area contributed by atoms with Crippen molar-refractivity contribution in [1.82, 2.24) is 24.1 Å². The van der Waals surface area contributed by atoms with Crippen LogP contribution in [0, 0.1) is 0 Å². The topological polar surface area (TPSA) is 48.5 Å². The standard InChI is InChI=1S/C53H33N5/c1-2-14-43-41(12-1)42-13-3-4-15-44(42)47-29-35(20-26-45(43)47)36-21-27-51-48(30-36)46-16-5-7-18-50(46)57(51)39-22-24-40(25-23-39)58-52-19-8-6-17-49(52)56-53(58)37-11-9-10-34(28-37)38-31-54-33-55-32-38/h1-33H. The number of nitrogens with zero attached hydrogens (tertiary/aromatic N) is 5. The van der Waals surface area contributed by atoms with Crippen LogP contribution in [0.1, 0.15) is 0 Å². The lowest BCUT2D eigenvalue weighted by Gasteiger charge is -2.13. The van der Waals surface area contributed by atoms with Gasteiger partial charge in [-0.25, -0.2) is 15.0 Å². The first-order valence-corrected chi connectivity index (χ1v) is 19.6. The maximum absolute atomic E-state index is 5.15. The van der Waals surface area contributed by atoms with Crippen LogP contribution in [0.4, 0.5) is 0 Å². The van der Waals surface area contributed by atoms with Crippen LogP contribution in [0.5, 0.6) is 0 Å². The van der Waals surface area contributed by atoms with Gasteiger partial charge in [0.1, 0.15) is 12.2 Å². The first-order valence-electron chi connectivity index (χ1n) is 19.6. The van der Waals surface area contributed by atoms with Crippen LogP contribution in [0.2, 0.25) is 0 Å². The molecule has 0 atom stereocenters. The second-order valence-electron chi connectivity index (χ2n) is 14.9. The lowest BCUT2D eigenvalue weighted by atomic mass is 9.92. The first-order chi connectivity index (χ1) is 28.8. The van der Waals surface area contributed by atoms with Gasteiger partial charge in [-0.1, -0.05) is 115 Å². The van der Waals surface area contributed by atoms with Crippen LogP contribution in [-0.4, -0.2) is 24.1 Å². The molecule has 0 N–H and O–H groups in total. The molecular formula is C53H33N5. The minimum absolute atomic E-state index is 0.881. The Labute approximate surface area is 333 Å². The van der Waals surface area contributed by atoms with E-state index >= 15 is 0 Å². The van der Waals surface area contributed by atoms with Crippen LogP contribution >= 0.6 is 0 Å². The third kappa shape index (κ3) is 5.00. The van der Waals surface area contributed by atoms with E-state index in [0.717, 1.165) is 44.9 Å². The molecule has 0 saturated carbocycles. The van der Waals surface area contributed by atoms with E-state index in [2.05, 4.69) is 195 Å². The van der Waals surface area contributed by atoms with Crippen molar-refractivity contribution < 1.29 is 0 Å². The minimum Gasteiger partial charge on any atom is -0.309 e. The molecule has 0 fully saturated rings. The minimum atomic E-state index is 0.881. The SMILES string of the molecule is c1cc(-c2cncnc2)cc(-c2nc3ccccc3n2-c2ccc(-n3c4ccccc4c4cc(-c5ccc6c7ccccc7c7ccccc7c6c5)ccc43)cc2)c1. The van der Waals surface area contributed by atoms with Crippen LogP contribution in [0.15, 0.2) is 201 Å².